The van der Waals surface area contributed by atoms with Gasteiger partial charge in [-0.3, -0.25) is 4.68 Å². The average molecular weight is 253 g/mol. The summed E-state index contributed by atoms with van der Waals surface area (Å²) in [5.74, 6) is 1.25. The van der Waals surface area contributed by atoms with E-state index in [2.05, 4.69) is 37.7 Å². The second-order valence-corrected chi connectivity index (χ2v) is 5.89. The molecule has 4 heteroatoms. The molecule has 1 N–H and O–H groups in total. The lowest BCUT2D eigenvalue weighted by Crippen LogP contribution is -2.39. The van der Waals surface area contributed by atoms with Crippen molar-refractivity contribution in [2.24, 2.45) is 11.8 Å². The van der Waals surface area contributed by atoms with E-state index in [0.29, 0.717) is 18.4 Å². The number of rotatable bonds is 8. The van der Waals surface area contributed by atoms with Crippen LogP contribution in [0, 0.1) is 11.8 Å². The van der Waals surface area contributed by atoms with Crippen LogP contribution in [0.4, 0.5) is 0 Å². The van der Waals surface area contributed by atoms with Gasteiger partial charge in [0.25, 0.3) is 0 Å². The van der Waals surface area contributed by atoms with Gasteiger partial charge in [-0.15, -0.1) is 0 Å². The summed E-state index contributed by atoms with van der Waals surface area (Å²) in [6.07, 6.45) is 3.27. The Balaban J connectivity index is 2.43. The van der Waals surface area contributed by atoms with Gasteiger partial charge in [-0.05, 0) is 17.9 Å². The van der Waals surface area contributed by atoms with Crippen LogP contribution in [-0.2, 0) is 6.54 Å². The first-order valence-corrected chi connectivity index (χ1v) is 6.85. The topological polar surface area (TPSA) is 41.3 Å². The van der Waals surface area contributed by atoms with Crippen LogP contribution >= 0.6 is 0 Å². The van der Waals surface area contributed by atoms with Gasteiger partial charge in [-0.25, -0.2) is 0 Å². The van der Waals surface area contributed by atoms with E-state index in [0.717, 1.165) is 19.6 Å². The van der Waals surface area contributed by atoms with Crippen LogP contribution in [0.1, 0.15) is 27.7 Å². The molecule has 0 aliphatic carbocycles. The SMILES string of the molecule is CC(C)CN(CC(C)C)C[C@@H](O)Cn1cccn1. The predicted octanol–water partition coefficient (Wildman–Crippen LogP) is 1.86. The summed E-state index contributed by atoms with van der Waals surface area (Å²) >= 11 is 0. The molecule has 0 amide bonds. The van der Waals surface area contributed by atoms with Crippen LogP contribution in [-0.4, -0.2) is 45.5 Å². The number of aromatic nitrogens is 2. The molecule has 18 heavy (non-hydrogen) atoms. The molecule has 0 saturated carbocycles. The third kappa shape index (κ3) is 6.17. The van der Waals surface area contributed by atoms with E-state index < -0.39 is 0 Å². The molecule has 4 nitrogen and oxygen atoms in total. The summed E-state index contributed by atoms with van der Waals surface area (Å²) in [6.45, 7) is 12.2. The molecule has 0 fully saturated rings. The largest absolute Gasteiger partial charge is 0.390 e. The van der Waals surface area contributed by atoms with E-state index in [1.54, 1.807) is 10.9 Å². The second-order valence-electron chi connectivity index (χ2n) is 5.89. The lowest BCUT2D eigenvalue weighted by atomic mass is 10.1. The van der Waals surface area contributed by atoms with Crippen molar-refractivity contribution in [2.75, 3.05) is 19.6 Å². The number of aliphatic hydroxyl groups is 1. The third-order valence-electron chi connectivity index (χ3n) is 2.67. The molecule has 0 aliphatic heterocycles. The van der Waals surface area contributed by atoms with Gasteiger partial charge in [-0.1, -0.05) is 27.7 Å². The Morgan fingerprint density at radius 1 is 1.11 bits per heavy atom. The van der Waals surface area contributed by atoms with E-state index in [4.69, 9.17) is 0 Å². The van der Waals surface area contributed by atoms with Crippen LogP contribution in [0.15, 0.2) is 18.5 Å². The minimum absolute atomic E-state index is 0.359. The van der Waals surface area contributed by atoms with Crippen LogP contribution in [0.2, 0.25) is 0 Å². The normalized spacial score (nSPS) is 13.8. The van der Waals surface area contributed by atoms with Gasteiger partial charge in [0.2, 0.25) is 0 Å². The van der Waals surface area contributed by atoms with Gasteiger partial charge in [0.15, 0.2) is 0 Å². The standard InChI is InChI=1S/C14H27N3O/c1-12(2)8-16(9-13(3)4)10-14(18)11-17-7-5-6-15-17/h5-7,12-14,18H,8-11H2,1-4H3/t14-/m1/s1. The van der Waals surface area contributed by atoms with Crippen LogP contribution in [0.5, 0.6) is 0 Å². The quantitative estimate of drug-likeness (QED) is 0.769. The van der Waals surface area contributed by atoms with Crippen molar-refractivity contribution in [2.45, 2.75) is 40.3 Å². The maximum absolute atomic E-state index is 10.1. The lowest BCUT2D eigenvalue weighted by molar-refractivity contribution is 0.0834. The molecule has 0 spiro atoms. The highest BCUT2D eigenvalue weighted by atomic mass is 16.3. The zero-order valence-electron chi connectivity index (χ0n) is 12.1. The highest BCUT2D eigenvalue weighted by molar-refractivity contribution is 4.79. The maximum Gasteiger partial charge on any atom is 0.0862 e. The minimum Gasteiger partial charge on any atom is -0.390 e. The molecule has 1 rings (SSSR count). The van der Waals surface area contributed by atoms with Crippen LogP contribution in [0.3, 0.4) is 0 Å². The number of hydrogen-bond donors (Lipinski definition) is 1. The second kappa shape index (κ2) is 7.54. The monoisotopic (exact) mass is 253 g/mol. The molecule has 1 aromatic rings. The van der Waals surface area contributed by atoms with Gasteiger partial charge in [0.05, 0.1) is 12.6 Å². The fraction of sp³-hybridized carbons (Fsp3) is 0.786. The van der Waals surface area contributed by atoms with Gasteiger partial charge >= 0.3 is 0 Å². The van der Waals surface area contributed by atoms with Crippen molar-refractivity contribution in [3.8, 4) is 0 Å². The summed E-state index contributed by atoms with van der Waals surface area (Å²) in [5.41, 5.74) is 0. The Hall–Kier alpha value is -0.870. The Labute approximate surface area is 111 Å². The van der Waals surface area contributed by atoms with Crippen molar-refractivity contribution < 1.29 is 5.11 Å². The summed E-state index contributed by atoms with van der Waals surface area (Å²) in [4.78, 5) is 2.35. The number of hydrogen-bond acceptors (Lipinski definition) is 3. The van der Waals surface area contributed by atoms with Gasteiger partial charge in [-0.2, -0.15) is 5.10 Å². The first kappa shape index (κ1) is 15.2. The van der Waals surface area contributed by atoms with Crippen molar-refractivity contribution in [1.29, 1.82) is 0 Å². The van der Waals surface area contributed by atoms with E-state index in [1.165, 1.54) is 0 Å². The molecule has 0 bridgehead atoms. The van der Waals surface area contributed by atoms with Crippen molar-refractivity contribution in [3.63, 3.8) is 0 Å². The summed E-state index contributed by atoms with van der Waals surface area (Å²) < 4.78 is 1.79. The fourth-order valence-electron chi connectivity index (χ4n) is 2.24. The summed E-state index contributed by atoms with van der Waals surface area (Å²) in [6, 6.07) is 1.88. The minimum atomic E-state index is -0.359. The highest BCUT2D eigenvalue weighted by Gasteiger charge is 2.14. The van der Waals surface area contributed by atoms with Gasteiger partial charge < -0.3 is 10.0 Å². The number of aliphatic hydroxyl groups excluding tert-OH is 1. The molecule has 1 aromatic heterocycles. The molecular formula is C14H27N3O. The Morgan fingerprint density at radius 2 is 1.72 bits per heavy atom. The van der Waals surface area contributed by atoms with Gasteiger partial charge in [0.1, 0.15) is 0 Å². The summed E-state index contributed by atoms with van der Waals surface area (Å²) in [5, 5.41) is 14.2. The van der Waals surface area contributed by atoms with E-state index in [-0.39, 0.29) is 6.10 Å². The van der Waals surface area contributed by atoms with Crippen molar-refractivity contribution in [1.82, 2.24) is 14.7 Å². The first-order valence-electron chi connectivity index (χ1n) is 6.85. The molecule has 104 valence electrons. The molecule has 0 aliphatic rings. The fourth-order valence-corrected chi connectivity index (χ4v) is 2.24. The van der Waals surface area contributed by atoms with Crippen molar-refractivity contribution >= 4 is 0 Å². The van der Waals surface area contributed by atoms with E-state index in [9.17, 15) is 5.11 Å². The zero-order chi connectivity index (χ0) is 13.5. The van der Waals surface area contributed by atoms with E-state index >= 15 is 0 Å². The number of nitrogens with zero attached hydrogens (tertiary/aromatic N) is 3. The Bertz CT molecular complexity index is 299. The predicted molar refractivity (Wildman–Crippen MR) is 74.3 cm³/mol. The molecular weight excluding hydrogens is 226 g/mol. The molecule has 0 unspecified atom stereocenters. The highest BCUT2D eigenvalue weighted by Crippen LogP contribution is 2.05. The lowest BCUT2D eigenvalue weighted by Gasteiger charge is -2.28. The average Bonchev–Trinajstić information content (AvgIpc) is 2.67. The Kier molecular flexibility index (Phi) is 6.36. The summed E-state index contributed by atoms with van der Waals surface area (Å²) in [7, 11) is 0. The van der Waals surface area contributed by atoms with Crippen molar-refractivity contribution in [3.05, 3.63) is 18.5 Å². The molecule has 0 aromatic carbocycles. The molecule has 0 saturated heterocycles. The molecule has 1 atom stereocenters. The smallest absolute Gasteiger partial charge is 0.0862 e. The maximum atomic E-state index is 10.1. The van der Waals surface area contributed by atoms with E-state index in [1.807, 2.05) is 12.3 Å². The van der Waals surface area contributed by atoms with Crippen LogP contribution in [0.25, 0.3) is 0 Å². The van der Waals surface area contributed by atoms with Crippen LogP contribution < -0.4 is 0 Å². The first-order chi connectivity index (χ1) is 8.47. The Morgan fingerprint density at radius 3 is 2.17 bits per heavy atom. The molecule has 1 heterocycles. The third-order valence-corrected chi connectivity index (χ3v) is 2.67. The zero-order valence-corrected chi connectivity index (χ0v) is 12.1. The molecule has 0 radical (unpaired) electrons. The van der Waals surface area contributed by atoms with Gasteiger partial charge in [0, 0.05) is 32.0 Å².